The average Bonchev–Trinajstić information content (AvgIpc) is 2.77. The zero-order valence-corrected chi connectivity index (χ0v) is 18.6. The molecule has 1 heterocycles. The lowest BCUT2D eigenvalue weighted by atomic mass is 10.00. The Bertz CT molecular complexity index is 1120. The van der Waals surface area contributed by atoms with E-state index in [2.05, 4.69) is 19.5 Å². The molecule has 5 nitrogen and oxygen atoms in total. The Morgan fingerprint density at radius 3 is 2.52 bits per heavy atom. The van der Waals surface area contributed by atoms with Gasteiger partial charge in [0.15, 0.2) is 0 Å². The molecule has 0 aliphatic carbocycles. The van der Waals surface area contributed by atoms with Crippen molar-refractivity contribution in [2.45, 2.75) is 19.5 Å². The van der Waals surface area contributed by atoms with Crippen LogP contribution in [0.4, 0.5) is 26.2 Å². The zero-order valence-electron chi connectivity index (χ0n) is 17.4. The van der Waals surface area contributed by atoms with Crippen LogP contribution >= 0.6 is 9.24 Å². The number of amides is 2. The largest absolute Gasteiger partial charge is 0.340 e. The maximum Gasteiger partial charge on any atom is 0.325 e. The third-order valence-electron chi connectivity index (χ3n) is 5.42. The number of amidine groups is 1. The maximum atomic E-state index is 13.1. The molecule has 2 atom stereocenters. The lowest BCUT2D eigenvalue weighted by Gasteiger charge is -2.39. The Morgan fingerprint density at radius 2 is 1.81 bits per heavy atom. The summed E-state index contributed by atoms with van der Waals surface area (Å²) in [7, 11) is 4.38. The van der Waals surface area contributed by atoms with Gasteiger partial charge in [0.05, 0.1) is 24.0 Å². The van der Waals surface area contributed by atoms with Crippen molar-refractivity contribution in [2.75, 3.05) is 17.3 Å². The Morgan fingerprint density at radius 1 is 1.10 bits per heavy atom. The van der Waals surface area contributed by atoms with Crippen LogP contribution in [-0.2, 0) is 6.54 Å². The highest BCUT2D eigenvalue weighted by Gasteiger charge is 2.33. The fourth-order valence-corrected chi connectivity index (χ4v) is 3.94. The third-order valence-corrected chi connectivity index (χ3v) is 5.69. The molecular weight excluding hydrogens is 410 g/mol. The number of aliphatic imine (C=N–C) groups is 1. The Balaban J connectivity index is 1.64. The molecule has 0 radical (unpaired) electrons. The Labute approximate surface area is 183 Å². The molecule has 1 aliphatic rings. The van der Waals surface area contributed by atoms with Gasteiger partial charge in [-0.25, -0.2) is 14.2 Å². The van der Waals surface area contributed by atoms with E-state index in [1.807, 2.05) is 62.5 Å². The van der Waals surface area contributed by atoms with Crippen LogP contribution in [0.2, 0.25) is 0 Å². The van der Waals surface area contributed by atoms with Crippen LogP contribution in [0, 0.1) is 5.82 Å². The van der Waals surface area contributed by atoms with Crippen LogP contribution in [-0.4, -0.2) is 23.6 Å². The highest BCUT2D eigenvalue weighted by atomic mass is 31.0. The van der Waals surface area contributed by atoms with E-state index >= 15 is 0 Å². The molecular formula is C24H24FN4OP. The number of nitrogens with zero attached hydrogens (tertiary/aromatic N) is 3. The van der Waals surface area contributed by atoms with Gasteiger partial charge in [-0.1, -0.05) is 45.6 Å². The second-order valence-corrected chi connectivity index (χ2v) is 8.06. The number of fused-ring (bicyclic) bond motifs is 1. The molecule has 0 fully saturated rings. The van der Waals surface area contributed by atoms with Gasteiger partial charge in [0.25, 0.3) is 0 Å². The number of anilines is 2. The summed E-state index contributed by atoms with van der Waals surface area (Å²) >= 11 is 0. The molecule has 158 valence electrons. The van der Waals surface area contributed by atoms with E-state index in [4.69, 9.17) is 0 Å². The average molecular weight is 434 g/mol. The number of hydrogen-bond donors (Lipinski definition) is 1. The van der Waals surface area contributed by atoms with Gasteiger partial charge >= 0.3 is 6.03 Å². The first-order valence-corrected chi connectivity index (χ1v) is 10.6. The Kier molecular flexibility index (Phi) is 6.01. The smallest absolute Gasteiger partial charge is 0.325 e. The molecule has 3 aromatic rings. The molecule has 7 heteroatoms. The topological polar surface area (TPSA) is 47.9 Å². The predicted octanol–water partition coefficient (Wildman–Crippen LogP) is 5.93. The lowest BCUT2D eigenvalue weighted by Crippen LogP contribution is -2.46. The summed E-state index contributed by atoms with van der Waals surface area (Å²) in [5, 5.41) is 3.25. The van der Waals surface area contributed by atoms with E-state index in [0.717, 1.165) is 22.5 Å². The number of nitrogens with one attached hydrogen (secondary N) is 1. The van der Waals surface area contributed by atoms with E-state index in [-0.39, 0.29) is 17.9 Å². The number of benzene rings is 3. The van der Waals surface area contributed by atoms with Crippen LogP contribution in [0.15, 0.2) is 77.8 Å². The van der Waals surface area contributed by atoms with Crippen molar-refractivity contribution in [1.29, 1.82) is 0 Å². The number of hydrogen-bond acceptors (Lipinski definition) is 2. The fourth-order valence-electron chi connectivity index (χ4n) is 3.63. The lowest BCUT2D eigenvalue weighted by molar-refractivity contribution is 0.196. The van der Waals surface area contributed by atoms with Crippen molar-refractivity contribution < 1.29 is 9.18 Å². The maximum absolute atomic E-state index is 13.1. The third kappa shape index (κ3) is 4.59. The normalized spacial score (nSPS) is 16.3. The molecule has 0 saturated heterocycles. The summed E-state index contributed by atoms with van der Waals surface area (Å²) in [5.74, 6) is -0.297. The number of rotatable bonds is 4. The summed E-state index contributed by atoms with van der Waals surface area (Å²) in [4.78, 5) is 21.1. The number of carbonyl (C=O) groups excluding carboxylic acids is 1. The molecule has 0 aromatic heterocycles. The summed E-state index contributed by atoms with van der Waals surface area (Å²) in [6.07, 6.45) is 0. The summed E-state index contributed by atoms with van der Waals surface area (Å²) < 4.78 is 13.1. The van der Waals surface area contributed by atoms with Gasteiger partial charge in [0.2, 0.25) is 0 Å². The van der Waals surface area contributed by atoms with Gasteiger partial charge in [0.1, 0.15) is 11.4 Å². The van der Waals surface area contributed by atoms with Crippen LogP contribution in [0.5, 0.6) is 0 Å². The van der Waals surface area contributed by atoms with E-state index < -0.39 is 0 Å². The van der Waals surface area contributed by atoms with E-state index in [1.165, 1.54) is 12.1 Å². The van der Waals surface area contributed by atoms with Gasteiger partial charge in [-0.05, 0) is 54.4 Å². The molecule has 3 aromatic carbocycles. The number of carbonyl (C=O) groups is 1. The summed E-state index contributed by atoms with van der Waals surface area (Å²) in [6, 6.07) is 21.9. The minimum atomic E-state index is -0.297. The van der Waals surface area contributed by atoms with Crippen LogP contribution < -0.4 is 10.2 Å². The van der Waals surface area contributed by atoms with Crippen molar-refractivity contribution in [3.8, 4) is 0 Å². The van der Waals surface area contributed by atoms with Crippen molar-refractivity contribution in [3.05, 3.63) is 89.7 Å². The van der Waals surface area contributed by atoms with E-state index in [9.17, 15) is 9.18 Å². The van der Waals surface area contributed by atoms with Crippen molar-refractivity contribution in [2.24, 2.45) is 4.99 Å². The zero-order chi connectivity index (χ0) is 22.0. The van der Waals surface area contributed by atoms with Gasteiger partial charge < -0.3 is 10.2 Å². The quantitative estimate of drug-likeness (QED) is 0.314. The molecule has 2 amide bonds. The molecule has 1 N–H and O–H groups in total. The fraction of sp³-hybridized carbons (Fsp3) is 0.167. The molecule has 1 unspecified atom stereocenters. The molecule has 0 spiro atoms. The first kappa shape index (κ1) is 21.0. The minimum Gasteiger partial charge on any atom is -0.340 e. The van der Waals surface area contributed by atoms with Crippen LogP contribution in [0.1, 0.15) is 24.1 Å². The molecule has 0 saturated carbocycles. The van der Waals surface area contributed by atoms with Crippen molar-refractivity contribution in [3.63, 3.8) is 0 Å². The minimum absolute atomic E-state index is 0.0214. The highest BCUT2D eigenvalue weighted by molar-refractivity contribution is 7.41. The van der Waals surface area contributed by atoms with Gasteiger partial charge in [-0.15, -0.1) is 0 Å². The van der Waals surface area contributed by atoms with E-state index in [0.29, 0.717) is 17.8 Å². The van der Waals surface area contributed by atoms with Gasteiger partial charge in [-0.3, -0.25) is 4.90 Å². The SMILES string of the molecule is C[C@H]1c2ccc(NC(P)=Nc3ccc(F)cc3)cc2N(Cc2ccccc2)C(=O)N1C. The number of halogens is 1. The molecule has 1 aliphatic heterocycles. The van der Waals surface area contributed by atoms with Crippen molar-refractivity contribution >= 4 is 37.9 Å². The highest BCUT2D eigenvalue weighted by Crippen LogP contribution is 2.38. The summed E-state index contributed by atoms with van der Waals surface area (Å²) in [5.41, 5.74) is 5.08. The second kappa shape index (κ2) is 8.86. The molecule has 31 heavy (non-hydrogen) atoms. The molecule has 4 rings (SSSR count). The summed E-state index contributed by atoms with van der Waals surface area (Å²) in [6.45, 7) is 2.52. The second-order valence-electron chi connectivity index (χ2n) is 7.51. The monoisotopic (exact) mass is 434 g/mol. The van der Waals surface area contributed by atoms with Gasteiger partial charge in [-0.2, -0.15) is 0 Å². The van der Waals surface area contributed by atoms with Crippen molar-refractivity contribution in [1.82, 2.24) is 4.90 Å². The first-order chi connectivity index (χ1) is 14.9. The molecule has 0 bridgehead atoms. The number of urea groups is 1. The Hall–Kier alpha value is -3.24. The van der Waals surface area contributed by atoms with Gasteiger partial charge in [0, 0.05) is 12.7 Å². The van der Waals surface area contributed by atoms with Crippen LogP contribution in [0.25, 0.3) is 0 Å². The van der Waals surface area contributed by atoms with Crippen LogP contribution in [0.3, 0.4) is 0 Å². The standard InChI is InChI=1S/C24H24FN4OP/c1-16-21-13-12-20(27-23(31)26-19-10-8-18(25)9-11-19)14-22(21)29(24(30)28(16)2)15-17-6-4-3-5-7-17/h3-14,16H,15,31H2,1-2H3,(H,26,27)/t16-/m0/s1. The predicted molar refractivity (Wildman–Crippen MR) is 127 cm³/mol. The first-order valence-electron chi connectivity index (χ1n) is 10.0. The van der Waals surface area contributed by atoms with E-state index in [1.54, 1.807) is 21.9 Å².